The normalized spacial score (nSPS) is 15.4. The van der Waals surface area contributed by atoms with Gasteiger partial charge in [-0.15, -0.1) is 0 Å². The van der Waals surface area contributed by atoms with Gasteiger partial charge < -0.3 is 19.3 Å². The fourth-order valence-electron chi connectivity index (χ4n) is 3.94. The molecule has 0 bridgehead atoms. The van der Waals surface area contributed by atoms with Crippen molar-refractivity contribution in [1.29, 1.82) is 0 Å². The second kappa shape index (κ2) is 7.73. The summed E-state index contributed by atoms with van der Waals surface area (Å²) in [5.41, 5.74) is 8.04. The molecule has 4 rings (SSSR count). The Labute approximate surface area is 177 Å². The predicted molar refractivity (Wildman–Crippen MR) is 117 cm³/mol. The molecule has 2 heterocycles. The molecule has 0 saturated heterocycles. The number of halogens is 1. The molecule has 1 fully saturated rings. The highest BCUT2D eigenvalue weighted by Crippen LogP contribution is 2.45. The summed E-state index contributed by atoms with van der Waals surface area (Å²) in [6.45, 7) is 0.730. The number of benzene rings is 1. The minimum Gasteiger partial charge on any atom is -0.496 e. The lowest BCUT2D eigenvalue weighted by Gasteiger charge is -2.29. The second-order valence-electron chi connectivity index (χ2n) is 7.76. The lowest BCUT2D eigenvalue weighted by Crippen LogP contribution is -2.18. The van der Waals surface area contributed by atoms with Gasteiger partial charge in [0, 0.05) is 42.8 Å². The van der Waals surface area contributed by atoms with E-state index in [2.05, 4.69) is 40.2 Å². The van der Waals surface area contributed by atoms with Crippen LogP contribution in [0.25, 0.3) is 11.3 Å². The molecule has 29 heavy (non-hydrogen) atoms. The monoisotopic (exact) mass is 411 g/mol. The highest BCUT2D eigenvalue weighted by Gasteiger charge is 2.29. The molecule has 1 aliphatic carbocycles. The van der Waals surface area contributed by atoms with Gasteiger partial charge >= 0.3 is 0 Å². The van der Waals surface area contributed by atoms with Crippen molar-refractivity contribution in [3.63, 3.8) is 0 Å². The van der Waals surface area contributed by atoms with E-state index in [0.29, 0.717) is 5.15 Å². The summed E-state index contributed by atoms with van der Waals surface area (Å²) in [5.74, 6) is 1.62. The Bertz CT molecular complexity index is 996. The number of hydrogen-bond acceptors (Lipinski definition) is 5. The molecule has 1 saturated carbocycles. The Kier molecular flexibility index (Phi) is 5.28. The summed E-state index contributed by atoms with van der Waals surface area (Å²) in [5, 5.41) is 0.488. The average Bonchev–Trinajstić information content (AvgIpc) is 3.52. The first kappa shape index (κ1) is 19.8. The van der Waals surface area contributed by atoms with Crippen LogP contribution in [0.5, 0.6) is 11.5 Å². The van der Waals surface area contributed by atoms with Gasteiger partial charge in [0.2, 0.25) is 0 Å². The minimum atomic E-state index is 0.488. The molecule has 2 aromatic rings. The zero-order valence-electron chi connectivity index (χ0n) is 17.5. The number of fused-ring (bicyclic) bond motifs is 1. The maximum absolute atomic E-state index is 6.29. The summed E-state index contributed by atoms with van der Waals surface area (Å²) in [6, 6.07) is 6.11. The zero-order chi connectivity index (χ0) is 20.7. The lowest BCUT2D eigenvalue weighted by molar-refractivity contribution is 0.348. The topological polar surface area (TPSA) is 37.8 Å². The van der Waals surface area contributed by atoms with E-state index in [1.54, 1.807) is 14.2 Å². The summed E-state index contributed by atoms with van der Waals surface area (Å²) in [7, 11) is 9.55. The van der Waals surface area contributed by atoms with Gasteiger partial charge in [0.05, 0.1) is 19.8 Å². The smallest absolute Gasteiger partial charge is 0.129 e. The Hall–Kier alpha value is -2.50. The van der Waals surface area contributed by atoms with E-state index in [1.807, 2.05) is 26.4 Å². The fraction of sp³-hybridized carbons (Fsp3) is 0.348. The molecule has 6 heteroatoms. The molecule has 152 valence electrons. The fourth-order valence-corrected chi connectivity index (χ4v) is 4.10. The molecule has 2 aliphatic rings. The average molecular weight is 412 g/mol. The molecule has 0 N–H and O–H groups in total. The van der Waals surface area contributed by atoms with Crippen molar-refractivity contribution in [3.05, 3.63) is 63.6 Å². The Morgan fingerprint density at radius 3 is 2.28 bits per heavy atom. The maximum Gasteiger partial charge on any atom is 0.129 e. The quantitative estimate of drug-likeness (QED) is 0.669. The van der Waals surface area contributed by atoms with E-state index in [9.17, 15) is 0 Å². The maximum atomic E-state index is 6.29. The molecule has 0 amide bonds. The van der Waals surface area contributed by atoms with Gasteiger partial charge in [0.25, 0.3) is 0 Å². The van der Waals surface area contributed by atoms with E-state index >= 15 is 0 Å². The molecule has 0 unspecified atom stereocenters. The van der Waals surface area contributed by atoms with E-state index in [1.165, 1.54) is 11.3 Å². The second-order valence-corrected chi connectivity index (χ2v) is 8.14. The van der Waals surface area contributed by atoms with Crippen molar-refractivity contribution in [2.45, 2.75) is 19.4 Å². The van der Waals surface area contributed by atoms with Gasteiger partial charge in [-0.1, -0.05) is 11.6 Å². The van der Waals surface area contributed by atoms with Crippen LogP contribution in [0.15, 0.2) is 36.2 Å². The summed E-state index contributed by atoms with van der Waals surface area (Å²) >= 11 is 6.29. The van der Waals surface area contributed by atoms with E-state index in [4.69, 9.17) is 21.1 Å². The number of pyridine rings is 1. The van der Waals surface area contributed by atoms with Gasteiger partial charge in [-0.2, -0.15) is 0 Å². The minimum absolute atomic E-state index is 0.488. The molecule has 1 aliphatic heterocycles. The third-order valence-electron chi connectivity index (χ3n) is 5.32. The van der Waals surface area contributed by atoms with Crippen LogP contribution in [0, 0.1) is 0 Å². The van der Waals surface area contributed by atoms with Gasteiger partial charge in [-0.3, -0.25) is 0 Å². The van der Waals surface area contributed by atoms with E-state index in [-0.39, 0.29) is 0 Å². The van der Waals surface area contributed by atoms with Crippen LogP contribution in [0.2, 0.25) is 5.15 Å². The molecule has 0 radical (unpaired) electrons. The largest absolute Gasteiger partial charge is 0.496 e. The van der Waals surface area contributed by atoms with Crippen molar-refractivity contribution in [1.82, 2.24) is 14.8 Å². The number of aromatic nitrogens is 1. The molecular weight excluding hydrogens is 386 g/mol. The molecule has 0 spiro atoms. The predicted octanol–water partition coefficient (Wildman–Crippen LogP) is 4.65. The summed E-state index contributed by atoms with van der Waals surface area (Å²) in [4.78, 5) is 8.65. The van der Waals surface area contributed by atoms with Gasteiger partial charge in [0.15, 0.2) is 0 Å². The van der Waals surface area contributed by atoms with E-state index in [0.717, 1.165) is 58.7 Å². The molecule has 0 atom stereocenters. The van der Waals surface area contributed by atoms with Crippen LogP contribution in [0.1, 0.15) is 35.1 Å². The number of methoxy groups -OCH3 is 2. The van der Waals surface area contributed by atoms with Crippen LogP contribution >= 0.6 is 11.6 Å². The highest BCUT2D eigenvalue weighted by atomic mass is 35.5. The van der Waals surface area contributed by atoms with Crippen LogP contribution < -0.4 is 9.47 Å². The van der Waals surface area contributed by atoms with E-state index < -0.39 is 0 Å². The third kappa shape index (κ3) is 3.72. The van der Waals surface area contributed by atoms with Crippen molar-refractivity contribution < 1.29 is 9.47 Å². The number of rotatable bonds is 5. The SMILES string of the molecule is COc1cc(C2=CN(C)C(=C3CC3)c3cnc(Cl)cc32)cc(OC)c1CN(C)C. The van der Waals surface area contributed by atoms with Crippen LogP contribution in [-0.2, 0) is 6.54 Å². The third-order valence-corrected chi connectivity index (χ3v) is 5.53. The number of nitrogens with zero attached hydrogens (tertiary/aromatic N) is 3. The van der Waals surface area contributed by atoms with Crippen LogP contribution in [0.4, 0.5) is 0 Å². The number of hydrogen-bond donors (Lipinski definition) is 0. The summed E-state index contributed by atoms with van der Waals surface area (Å²) in [6.07, 6.45) is 6.34. The molecular formula is C23H26ClN3O2. The van der Waals surface area contributed by atoms with Crippen LogP contribution in [-0.4, -0.2) is 50.1 Å². The van der Waals surface area contributed by atoms with Gasteiger partial charge in [-0.25, -0.2) is 4.98 Å². The Balaban J connectivity index is 1.90. The van der Waals surface area contributed by atoms with Gasteiger partial charge in [-0.05, 0) is 61.8 Å². The highest BCUT2D eigenvalue weighted by molar-refractivity contribution is 6.29. The molecule has 1 aromatic heterocycles. The zero-order valence-corrected chi connectivity index (χ0v) is 18.3. The first-order valence-electron chi connectivity index (χ1n) is 9.66. The lowest BCUT2D eigenvalue weighted by atomic mass is 9.90. The van der Waals surface area contributed by atoms with Crippen LogP contribution in [0.3, 0.4) is 0 Å². The van der Waals surface area contributed by atoms with Crippen molar-refractivity contribution in [3.8, 4) is 11.5 Å². The molecule has 5 nitrogen and oxygen atoms in total. The standard InChI is InChI=1S/C23H26ClN3O2/c1-26(2)12-19-20(28-4)8-15(9-21(19)29-5)18-13-27(3)23(14-6-7-14)17-11-25-22(24)10-16(17)18/h8-11,13H,6-7,12H2,1-5H3. The van der Waals surface area contributed by atoms with Crippen molar-refractivity contribution in [2.24, 2.45) is 0 Å². The molecule has 1 aromatic carbocycles. The van der Waals surface area contributed by atoms with Crippen molar-refractivity contribution >= 4 is 22.9 Å². The number of allylic oxidation sites excluding steroid dienone is 1. The van der Waals surface area contributed by atoms with Gasteiger partial charge in [0.1, 0.15) is 16.7 Å². The first-order chi connectivity index (χ1) is 13.9. The Morgan fingerprint density at radius 1 is 1.07 bits per heavy atom. The van der Waals surface area contributed by atoms with Crippen molar-refractivity contribution in [2.75, 3.05) is 35.4 Å². The first-order valence-corrected chi connectivity index (χ1v) is 10.0. The summed E-state index contributed by atoms with van der Waals surface area (Å²) < 4.78 is 11.5. The number of ether oxygens (including phenoxy) is 2. The Morgan fingerprint density at radius 2 is 1.72 bits per heavy atom.